The number of nitrogens with one attached hydrogen (secondary N) is 2. The Balaban J connectivity index is 2.12. The maximum atomic E-state index is 14.3. The predicted octanol–water partition coefficient (Wildman–Crippen LogP) is 2.63. The van der Waals surface area contributed by atoms with Crippen LogP contribution in [0.1, 0.15) is 39.2 Å². The second-order valence-corrected chi connectivity index (χ2v) is 8.84. The van der Waals surface area contributed by atoms with Gasteiger partial charge in [-0.05, 0) is 61.4 Å². The van der Waals surface area contributed by atoms with E-state index >= 15 is 0 Å². The zero-order valence-corrected chi connectivity index (χ0v) is 17.6. The van der Waals surface area contributed by atoms with Crippen molar-refractivity contribution in [2.45, 2.75) is 48.8 Å². The van der Waals surface area contributed by atoms with Gasteiger partial charge in [-0.15, -0.1) is 0 Å². The molecule has 1 heterocycles. The molecule has 2 rings (SSSR count). The summed E-state index contributed by atoms with van der Waals surface area (Å²) in [6, 6.07) is 2.29. The van der Waals surface area contributed by atoms with Gasteiger partial charge in [0.2, 0.25) is 5.91 Å². The van der Waals surface area contributed by atoms with E-state index in [-0.39, 0.29) is 17.5 Å². The summed E-state index contributed by atoms with van der Waals surface area (Å²) in [5.74, 6) is -1.60. The molecular weight excluding hydrogens is 471 g/mol. The first-order valence-electron chi connectivity index (χ1n) is 8.65. The summed E-state index contributed by atoms with van der Waals surface area (Å²) < 4.78 is 26.1. The van der Waals surface area contributed by atoms with Gasteiger partial charge in [0.15, 0.2) is 0 Å². The van der Waals surface area contributed by atoms with E-state index in [4.69, 9.17) is 0 Å². The number of benzene rings is 1. The second-order valence-electron chi connectivity index (χ2n) is 7.22. The normalized spacial score (nSPS) is 18.0. The van der Waals surface area contributed by atoms with Crippen molar-refractivity contribution in [3.8, 4) is 0 Å². The zero-order valence-electron chi connectivity index (χ0n) is 15.5. The average molecular weight is 495 g/mol. The highest BCUT2D eigenvalue weighted by molar-refractivity contribution is 14.1. The van der Waals surface area contributed by atoms with E-state index in [9.17, 15) is 23.5 Å². The molecular formula is C18H24F2IN3O3. The summed E-state index contributed by atoms with van der Waals surface area (Å²) in [6.07, 6.45) is 1.21. The molecule has 0 aliphatic carbocycles. The Hall–Kier alpha value is -1.49. The molecule has 0 bridgehead atoms. The van der Waals surface area contributed by atoms with Crippen molar-refractivity contribution in [1.82, 2.24) is 15.5 Å². The van der Waals surface area contributed by atoms with Crippen LogP contribution in [0.2, 0.25) is 0 Å². The number of hydrogen-bond acceptors (Lipinski definition) is 3. The van der Waals surface area contributed by atoms with Crippen molar-refractivity contribution in [2.24, 2.45) is 0 Å². The number of amides is 3. The lowest BCUT2D eigenvalue weighted by Gasteiger charge is -2.40. The van der Waals surface area contributed by atoms with Crippen molar-refractivity contribution < 1.29 is 23.5 Å². The van der Waals surface area contributed by atoms with Crippen molar-refractivity contribution in [2.75, 3.05) is 13.1 Å². The van der Waals surface area contributed by atoms with Gasteiger partial charge in [-0.2, -0.15) is 0 Å². The molecule has 1 aliphatic heterocycles. The van der Waals surface area contributed by atoms with E-state index in [2.05, 4.69) is 10.6 Å². The van der Waals surface area contributed by atoms with Crippen LogP contribution in [-0.4, -0.2) is 46.7 Å². The summed E-state index contributed by atoms with van der Waals surface area (Å²) in [7, 11) is 0. The highest BCUT2D eigenvalue weighted by Gasteiger charge is 2.46. The molecule has 1 atom stereocenters. The van der Waals surface area contributed by atoms with Gasteiger partial charge in [0.25, 0.3) is 0 Å². The quantitative estimate of drug-likeness (QED) is 0.342. The predicted molar refractivity (Wildman–Crippen MR) is 105 cm³/mol. The lowest BCUT2D eigenvalue weighted by molar-refractivity contribution is -0.129. The van der Waals surface area contributed by atoms with Gasteiger partial charge < -0.3 is 20.6 Å². The van der Waals surface area contributed by atoms with Crippen LogP contribution in [0.3, 0.4) is 0 Å². The summed E-state index contributed by atoms with van der Waals surface area (Å²) >= 11 is 1.77. The third kappa shape index (κ3) is 5.07. The molecule has 0 unspecified atom stereocenters. The van der Waals surface area contributed by atoms with Gasteiger partial charge in [0.1, 0.15) is 15.2 Å². The number of alkyl halides is 1. The van der Waals surface area contributed by atoms with Gasteiger partial charge in [0.05, 0.1) is 5.60 Å². The Morgan fingerprint density at radius 2 is 1.85 bits per heavy atom. The zero-order chi connectivity index (χ0) is 20.4. The van der Waals surface area contributed by atoms with Crippen LogP contribution in [0, 0.1) is 11.6 Å². The van der Waals surface area contributed by atoms with Crippen LogP contribution in [0.4, 0.5) is 13.6 Å². The molecule has 1 saturated heterocycles. The van der Waals surface area contributed by atoms with Crippen LogP contribution >= 0.6 is 22.6 Å². The fraction of sp³-hybridized carbons (Fsp3) is 0.556. The van der Waals surface area contributed by atoms with Crippen LogP contribution in [0.5, 0.6) is 0 Å². The van der Waals surface area contributed by atoms with Crippen LogP contribution in [-0.2, 0) is 8.34 Å². The lowest BCUT2D eigenvalue weighted by atomic mass is 9.91. The average Bonchev–Trinajstić information content (AvgIpc) is 2.53. The van der Waals surface area contributed by atoms with Gasteiger partial charge in [0, 0.05) is 37.7 Å². The number of aliphatic hydroxyl groups is 1. The van der Waals surface area contributed by atoms with E-state index < -0.39 is 26.8 Å². The summed E-state index contributed by atoms with van der Waals surface area (Å²) in [5.41, 5.74) is -1.57. The highest BCUT2D eigenvalue weighted by Crippen LogP contribution is 2.40. The van der Waals surface area contributed by atoms with Gasteiger partial charge >= 0.3 is 6.03 Å². The van der Waals surface area contributed by atoms with E-state index in [1.165, 1.54) is 26.8 Å². The monoisotopic (exact) mass is 495 g/mol. The Morgan fingerprint density at radius 3 is 2.33 bits per heavy atom. The molecule has 150 valence electrons. The maximum Gasteiger partial charge on any atom is 0.316 e. The maximum absolute atomic E-state index is 14.3. The van der Waals surface area contributed by atoms with E-state index in [1.807, 2.05) is 0 Å². The van der Waals surface area contributed by atoms with Gasteiger partial charge in [-0.3, -0.25) is 4.79 Å². The smallest absolute Gasteiger partial charge is 0.316 e. The van der Waals surface area contributed by atoms with Crippen molar-refractivity contribution >= 4 is 34.5 Å². The number of urea groups is 1. The minimum atomic E-state index is -1.54. The van der Waals surface area contributed by atoms with Gasteiger partial charge in [-0.1, -0.05) is 0 Å². The molecule has 1 fully saturated rings. The van der Waals surface area contributed by atoms with Crippen LogP contribution in [0.25, 0.3) is 0 Å². The summed E-state index contributed by atoms with van der Waals surface area (Å²) in [4.78, 5) is 25.6. The molecule has 1 aliphatic rings. The first-order chi connectivity index (χ1) is 12.4. The third-order valence-electron chi connectivity index (χ3n) is 4.71. The molecule has 3 N–H and O–H groups in total. The largest absolute Gasteiger partial charge is 0.387 e. The second kappa shape index (κ2) is 8.26. The lowest BCUT2D eigenvalue weighted by Crippen LogP contribution is -2.59. The molecule has 1 aromatic rings. The number of rotatable bonds is 4. The number of carbonyl (C=O) groups excluding carboxylic acids is 2. The fourth-order valence-corrected chi connectivity index (χ4v) is 3.72. The third-order valence-corrected chi connectivity index (χ3v) is 6.88. The molecule has 9 heteroatoms. The van der Waals surface area contributed by atoms with E-state index in [0.29, 0.717) is 32.0 Å². The minimum absolute atomic E-state index is 0.00186. The molecule has 3 amide bonds. The fourth-order valence-electron chi connectivity index (χ4n) is 3.04. The molecule has 6 nitrogen and oxygen atoms in total. The summed E-state index contributed by atoms with van der Waals surface area (Å²) in [5, 5.41) is 16.0. The van der Waals surface area contributed by atoms with Crippen molar-refractivity contribution in [1.29, 1.82) is 0 Å². The number of carbonyl (C=O) groups is 2. The van der Waals surface area contributed by atoms with Crippen molar-refractivity contribution in [3.05, 3.63) is 35.4 Å². The molecule has 0 radical (unpaired) electrons. The number of nitrogens with zero attached hydrogens (tertiary/aromatic N) is 1. The number of hydrogen-bond donors (Lipinski definition) is 3. The minimum Gasteiger partial charge on any atom is -0.387 e. The van der Waals surface area contributed by atoms with Crippen LogP contribution < -0.4 is 10.6 Å². The Kier molecular flexibility index (Phi) is 6.67. The molecule has 0 spiro atoms. The Morgan fingerprint density at radius 1 is 1.26 bits per heavy atom. The number of likely N-dealkylation sites (tertiary alicyclic amines) is 1. The van der Waals surface area contributed by atoms with E-state index in [0.717, 1.165) is 6.07 Å². The van der Waals surface area contributed by atoms with Gasteiger partial charge in [-0.25, -0.2) is 13.6 Å². The molecule has 0 aromatic heterocycles. The first kappa shape index (κ1) is 21.8. The SMILES string of the molecule is CC(=O)N1CCC(NC(=O)N[C@](I)(c2ccc(F)cc2F)C(C)(C)O)CC1. The Bertz CT molecular complexity index is 718. The topological polar surface area (TPSA) is 81.7 Å². The summed E-state index contributed by atoms with van der Waals surface area (Å²) in [6.45, 7) is 5.48. The molecule has 27 heavy (non-hydrogen) atoms. The number of piperidine rings is 1. The van der Waals surface area contributed by atoms with Crippen molar-refractivity contribution in [3.63, 3.8) is 0 Å². The van der Waals surface area contributed by atoms with Crippen LogP contribution in [0.15, 0.2) is 18.2 Å². The number of halogens is 3. The standard InChI is InChI=1S/C18H24F2IN3O3/c1-11(25)24-8-6-13(7-9-24)22-16(26)23-18(21,17(2,3)27)14-5-4-12(19)10-15(14)20/h4-5,10,13,27H,6-9H2,1-3H3,(H2,22,23,26)/t18-/m1/s1. The Labute approximate surface area is 170 Å². The molecule has 0 saturated carbocycles. The van der Waals surface area contributed by atoms with E-state index in [1.54, 1.807) is 27.5 Å². The highest BCUT2D eigenvalue weighted by atomic mass is 127. The molecule has 1 aromatic carbocycles. The first-order valence-corrected chi connectivity index (χ1v) is 9.73.